The van der Waals surface area contributed by atoms with Crippen LogP contribution in [0.15, 0.2) is 18.2 Å². The molecule has 0 bridgehead atoms. The minimum Gasteiger partial charge on any atom is -0.394 e. The van der Waals surface area contributed by atoms with Gasteiger partial charge in [-0.1, -0.05) is 17.7 Å². The molecule has 1 unspecified atom stereocenters. The lowest BCUT2D eigenvalue weighted by Crippen LogP contribution is -2.16. The van der Waals surface area contributed by atoms with E-state index >= 15 is 0 Å². The molecule has 0 aliphatic rings. The van der Waals surface area contributed by atoms with Crippen molar-refractivity contribution in [2.24, 2.45) is 5.73 Å². The second kappa shape index (κ2) is 5.32. The van der Waals surface area contributed by atoms with Gasteiger partial charge in [-0.15, -0.1) is 0 Å². The van der Waals surface area contributed by atoms with Crippen LogP contribution < -0.4 is 5.73 Å². The van der Waals surface area contributed by atoms with Crippen molar-refractivity contribution in [3.8, 4) is 0 Å². The molecule has 78 valence electrons. The highest BCUT2D eigenvalue weighted by Gasteiger charge is 2.10. The van der Waals surface area contributed by atoms with Gasteiger partial charge in [-0.2, -0.15) is 0 Å². The zero-order chi connectivity index (χ0) is 10.6. The van der Waals surface area contributed by atoms with E-state index in [1.54, 1.807) is 19.2 Å². The third kappa shape index (κ3) is 2.69. The minimum absolute atomic E-state index is 0.0850. The quantitative estimate of drug-likeness (QED) is 0.800. The lowest BCUT2D eigenvalue weighted by atomic mass is 10.0. The molecular formula is C10H14ClNO2. The number of methoxy groups -OCH3 is 1. The molecule has 0 aromatic heterocycles. The summed E-state index contributed by atoms with van der Waals surface area (Å²) in [6.45, 7) is 0.363. The van der Waals surface area contributed by atoms with Crippen molar-refractivity contribution in [3.63, 3.8) is 0 Å². The fourth-order valence-electron chi connectivity index (χ4n) is 1.31. The highest BCUT2D eigenvalue weighted by atomic mass is 35.5. The molecule has 4 heteroatoms. The SMILES string of the molecule is COCc1cc(Cl)ccc1C(N)CO. The molecule has 0 radical (unpaired) electrons. The van der Waals surface area contributed by atoms with E-state index < -0.39 is 0 Å². The van der Waals surface area contributed by atoms with Crippen LogP contribution in [-0.4, -0.2) is 18.8 Å². The van der Waals surface area contributed by atoms with Gasteiger partial charge in [-0.3, -0.25) is 0 Å². The first-order chi connectivity index (χ1) is 6.69. The molecule has 14 heavy (non-hydrogen) atoms. The van der Waals surface area contributed by atoms with Crippen molar-refractivity contribution >= 4 is 11.6 Å². The second-order valence-corrected chi connectivity index (χ2v) is 3.50. The highest BCUT2D eigenvalue weighted by Crippen LogP contribution is 2.21. The lowest BCUT2D eigenvalue weighted by molar-refractivity contribution is 0.182. The molecule has 0 fully saturated rings. The topological polar surface area (TPSA) is 55.5 Å². The van der Waals surface area contributed by atoms with Gasteiger partial charge in [0, 0.05) is 12.1 Å². The van der Waals surface area contributed by atoms with E-state index in [4.69, 9.17) is 27.2 Å². The number of hydrogen-bond donors (Lipinski definition) is 2. The molecule has 0 amide bonds. The first-order valence-electron chi connectivity index (χ1n) is 4.32. The Morgan fingerprint density at radius 1 is 1.57 bits per heavy atom. The Morgan fingerprint density at radius 3 is 2.86 bits per heavy atom. The Labute approximate surface area is 88.4 Å². The van der Waals surface area contributed by atoms with E-state index in [-0.39, 0.29) is 12.6 Å². The maximum absolute atomic E-state index is 8.95. The van der Waals surface area contributed by atoms with Gasteiger partial charge in [0.15, 0.2) is 0 Å². The molecule has 0 spiro atoms. The van der Waals surface area contributed by atoms with Crippen LogP contribution in [0.1, 0.15) is 17.2 Å². The predicted octanol–water partition coefficient (Wildman–Crippen LogP) is 1.48. The van der Waals surface area contributed by atoms with Crippen molar-refractivity contribution in [1.82, 2.24) is 0 Å². The zero-order valence-corrected chi connectivity index (χ0v) is 8.79. The summed E-state index contributed by atoms with van der Waals surface area (Å²) in [4.78, 5) is 0. The Morgan fingerprint density at radius 2 is 2.29 bits per heavy atom. The summed E-state index contributed by atoms with van der Waals surface area (Å²) in [6.07, 6.45) is 0. The molecule has 1 atom stereocenters. The maximum Gasteiger partial charge on any atom is 0.0716 e. The van der Waals surface area contributed by atoms with E-state index in [1.807, 2.05) is 6.07 Å². The summed E-state index contributed by atoms with van der Waals surface area (Å²) in [5.41, 5.74) is 7.52. The van der Waals surface area contributed by atoms with Gasteiger partial charge in [0.1, 0.15) is 0 Å². The van der Waals surface area contributed by atoms with E-state index in [0.29, 0.717) is 11.6 Å². The third-order valence-corrected chi connectivity index (χ3v) is 2.24. The van der Waals surface area contributed by atoms with Gasteiger partial charge in [0.25, 0.3) is 0 Å². The number of nitrogens with two attached hydrogens (primary N) is 1. The van der Waals surface area contributed by atoms with Crippen LogP contribution in [0.3, 0.4) is 0 Å². The Hall–Kier alpha value is -0.610. The monoisotopic (exact) mass is 215 g/mol. The van der Waals surface area contributed by atoms with E-state index in [1.165, 1.54) is 0 Å². The van der Waals surface area contributed by atoms with E-state index in [2.05, 4.69) is 0 Å². The summed E-state index contributed by atoms with van der Waals surface area (Å²) in [6, 6.07) is 5.00. The number of ether oxygens (including phenoxy) is 1. The smallest absolute Gasteiger partial charge is 0.0716 e. The standard InChI is InChI=1S/C10H14ClNO2/c1-14-6-7-4-8(11)2-3-9(7)10(12)5-13/h2-4,10,13H,5-6,12H2,1H3. The van der Waals surface area contributed by atoms with Crippen molar-refractivity contribution < 1.29 is 9.84 Å². The van der Waals surface area contributed by atoms with Crippen molar-refractivity contribution in [3.05, 3.63) is 34.3 Å². The summed E-state index contributed by atoms with van der Waals surface area (Å²) >= 11 is 5.84. The summed E-state index contributed by atoms with van der Waals surface area (Å²) in [5, 5.41) is 9.60. The Balaban J connectivity index is 3.01. The van der Waals surface area contributed by atoms with Crippen LogP contribution in [0.25, 0.3) is 0 Å². The minimum atomic E-state index is -0.377. The first-order valence-corrected chi connectivity index (χ1v) is 4.70. The summed E-state index contributed by atoms with van der Waals surface area (Å²) < 4.78 is 5.02. The third-order valence-electron chi connectivity index (χ3n) is 2.00. The molecule has 1 aromatic carbocycles. The summed E-state index contributed by atoms with van der Waals surface area (Å²) in [5.74, 6) is 0. The number of hydrogen-bond acceptors (Lipinski definition) is 3. The van der Waals surface area contributed by atoms with Gasteiger partial charge in [0.05, 0.1) is 19.3 Å². The average Bonchev–Trinajstić information content (AvgIpc) is 2.17. The molecular weight excluding hydrogens is 202 g/mol. The van der Waals surface area contributed by atoms with E-state index in [9.17, 15) is 0 Å². The van der Waals surface area contributed by atoms with Gasteiger partial charge >= 0.3 is 0 Å². The van der Waals surface area contributed by atoms with E-state index in [0.717, 1.165) is 11.1 Å². The van der Waals surface area contributed by atoms with Crippen LogP contribution in [-0.2, 0) is 11.3 Å². The van der Waals surface area contributed by atoms with Crippen molar-refractivity contribution in [2.45, 2.75) is 12.6 Å². The largest absolute Gasteiger partial charge is 0.394 e. The zero-order valence-electron chi connectivity index (χ0n) is 8.03. The molecule has 3 nitrogen and oxygen atoms in total. The Kier molecular flexibility index (Phi) is 4.35. The molecule has 0 aliphatic heterocycles. The Bertz CT molecular complexity index is 304. The van der Waals surface area contributed by atoms with Gasteiger partial charge in [-0.05, 0) is 23.3 Å². The van der Waals surface area contributed by atoms with Crippen molar-refractivity contribution in [2.75, 3.05) is 13.7 Å². The predicted molar refractivity (Wildman–Crippen MR) is 56.2 cm³/mol. The number of benzene rings is 1. The second-order valence-electron chi connectivity index (χ2n) is 3.07. The number of aliphatic hydroxyl groups is 1. The van der Waals surface area contributed by atoms with Gasteiger partial charge in [-0.25, -0.2) is 0 Å². The lowest BCUT2D eigenvalue weighted by Gasteiger charge is -2.14. The molecule has 0 saturated carbocycles. The fourth-order valence-corrected chi connectivity index (χ4v) is 1.51. The number of rotatable bonds is 4. The molecule has 3 N–H and O–H groups in total. The molecule has 1 aromatic rings. The average molecular weight is 216 g/mol. The van der Waals surface area contributed by atoms with Crippen molar-refractivity contribution in [1.29, 1.82) is 0 Å². The maximum atomic E-state index is 8.95. The first kappa shape index (κ1) is 11.5. The van der Waals surface area contributed by atoms with Gasteiger partial charge < -0.3 is 15.6 Å². The fraction of sp³-hybridized carbons (Fsp3) is 0.400. The van der Waals surface area contributed by atoms with Crippen LogP contribution in [0.5, 0.6) is 0 Å². The number of halogens is 1. The molecule has 0 aliphatic carbocycles. The van der Waals surface area contributed by atoms with Crippen LogP contribution >= 0.6 is 11.6 Å². The van der Waals surface area contributed by atoms with Crippen LogP contribution in [0.2, 0.25) is 5.02 Å². The van der Waals surface area contributed by atoms with Crippen LogP contribution in [0, 0.1) is 0 Å². The molecule has 0 heterocycles. The normalized spacial score (nSPS) is 12.9. The highest BCUT2D eigenvalue weighted by molar-refractivity contribution is 6.30. The molecule has 1 rings (SSSR count). The summed E-state index contributed by atoms with van der Waals surface area (Å²) in [7, 11) is 1.61. The molecule has 0 saturated heterocycles. The number of aliphatic hydroxyl groups excluding tert-OH is 1. The van der Waals surface area contributed by atoms with Crippen LogP contribution in [0.4, 0.5) is 0 Å². The van der Waals surface area contributed by atoms with Gasteiger partial charge in [0.2, 0.25) is 0 Å².